The van der Waals surface area contributed by atoms with E-state index in [4.69, 9.17) is 10.5 Å². The molecule has 0 saturated heterocycles. The fourth-order valence-electron chi connectivity index (χ4n) is 1.23. The predicted octanol–water partition coefficient (Wildman–Crippen LogP) is -1.60. The molecule has 0 spiro atoms. The summed E-state index contributed by atoms with van der Waals surface area (Å²) in [5.74, 6) is -0.379. The lowest BCUT2D eigenvalue weighted by molar-refractivity contribution is -0.123. The molecular weight excluding hydrogens is 246 g/mol. The maximum atomic E-state index is 11.5. The first kappa shape index (κ1) is 16.3. The Morgan fingerprint density at radius 3 is 2.41 bits per heavy atom. The summed E-state index contributed by atoms with van der Waals surface area (Å²) in [5.41, 5.74) is 4.74. The summed E-state index contributed by atoms with van der Waals surface area (Å²) in [6.45, 7) is 3.59. The zero-order valence-electron chi connectivity index (χ0n) is 10.6. The van der Waals surface area contributed by atoms with Crippen molar-refractivity contribution >= 4 is 15.9 Å². The molecule has 0 aliphatic rings. The third kappa shape index (κ3) is 8.08. The molecule has 4 N–H and O–H groups in total. The van der Waals surface area contributed by atoms with Gasteiger partial charge in [-0.15, -0.1) is 0 Å². The topological polar surface area (TPSA) is 111 Å². The number of rotatable bonds is 7. The summed E-state index contributed by atoms with van der Waals surface area (Å²) in [6, 6.07) is -0.756. The number of hydrogen-bond acceptors (Lipinski definition) is 5. The molecular formula is C9H21N3O4S. The van der Waals surface area contributed by atoms with Crippen molar-refractivity contribution in [3.63, 3.8) is 0 Å². The molecule has 0 aromatic heterocycles. The molecule has 7 nitrogen and oxygen atoms in total. The molecule has 0 rings (SSSR count). The van der Waals surface area contributed by atoms with E-state index < -0.39 is 21.6 Å². The minimum Gasteiger partial charge on any atom is -0.383 e. The van der Waals surface area contributed by atoms with Crippen LogP contribution in [0.25, 0.3) is 0 Å². The van der Waals surface area contributed by atoms with Crippen molar-refractivity contribution in [1.82, 2.24) is 10.0 Å². The van der Waals surface area contributed by atoms with Gasteiger partial charge in [0.1, 0.15) is 6.04 Å². The Morgan fingerprint density at radius 1 is 1.47 bits per heavy atom. The van der Waals surface area contributed by atoms with Gasteiger partial charge in [0, 0.05) is 19.2 Å². The molecule has 0 aliphatic carbocycles. The normalized spacial score (nSPS) is 14.4. The largest absolute Gasteiger partial charge is 0.383 e. The van der Waals surface area contributed by atoms with Gasteiger partial charge in [0.05, 0.1) is 12.9 Å². The highest BCUT2D eigenvalue weighted by molar-refractivity contribution is 7.88. The first-order valence-corrected chi connectivity index (χ1v) is 6.98. The van der Waals surface area contributed by atoms with Gasteiger partial charge in [0.25, 0.3) is 0 Å². The fraction of sp³-hybridized carbons (Fsp3) is 0.889. The van der Waals surface area contributed by atoms with Gasteiger partial charge in [-0.3, -0.25) is 4.79 Å². The highest BCUT2D eigenvalue weighted by Crippen LogP contribution is 2.01. The van der Waals surface area contributed by atoms with E-state index in [1.165, 1.54) is 7.11 Å². The second-order valence-corrected chi connectivity index (χ2v) is 6.29. The average Bonchev–Trinajstić information content (AvgIpc) is 2.10. The lowest BCUT2D eigenvalue weighted by Gasteiger charge is -2.26. The summed E-state index contributed by atoms with van der Waals surface area (Å²) in [4.78, 5) is 11.5. The number of nitrogens with two attached hydrogens (primary N) is 1. The summed E-state index contributed by atoms with van der Waals surface area (Å²) in [5, 5.41) is 2.56. The van der Waals surface area contributed by atoms with E-state index in [2.05, 4.69) is 10.0 Å². The molecule has 17 heavy (non-hydrogen) atoms. The average molecular weight is 267 g/mol. The highest BCUT2D eigenvalue weighted by atomic mass is 32.2. The molecule has 102 valence electrons. The maximum Gasteiger partial charge on any atom is 0.239 e. The Morgan fingerprint density at radius 2 is 2.00 bits per heavy atom. The monoisotopic (exact) mass is 267 g/mol. The second kappa shape index (κ2) is 6.29. The van der Waals surface area contributed by atoms with Gasteiger partial charge in [-0.25, -0.2) is 13.1 Å². The van der Waals surface area contributed by atoms with Crippen LogP contribution in [0.15, 0.2) is 0 Å². The van der Waals surface area contributed by atoms with Gasteiger partial charge in [-0.05, 0) is 13.8 Å². The Balaban J connectivity index is 4.23. The van der Waals surface area contributed by atoms with Gasteiger partial charge in [0.15, 0.2) is 0 Å². The van der Waals surface area contributed by atoms with Crippen molar-refractivity contribution in [3.05, 3.63) is 0 Å². The van der Waals surface area contributed by atoms with E-state index >= 15 is 0 Å². The molecule has 0 radical (unpaired) electrons. The number of nitrogens with one attached hydrogen (secondary N) is 2. The molecule has 0 bridgehead atoms. The first-order chi connectivity index (χ1) is 7.57. The Hall–Kier alpha value is -0.700. The maximum absolute atomic E-state index is 11.5. The molecule has 8 heteroatoms. The van der Waals surface area contributed by atoms with E-state index in [1.807, 2.05) is 0 Å². The second-order valence-electron chi connectivity index (χ2n) is 4.54. The summed E-state index contributed by atoms with van der Waals surface area (Å²) in [6.07, 6.45) is 1.06. The fourth-order valence-corrected chi connectivity index (χ4v) is 2.31. The Bertz CT molecular complexity index is 353. The van der Waals surface area contributed by atoms with Crippen LogP contribution in [0.4, 0.5) is 0 Å². The lowest BCUT2D eigenvalue weighted by atomic mass is 10.1. The van der Waals surface area contributed by atoms with E-state index in [0.717, 1.165) is 6.26 Å². The number of ether oxygens (including phenoxy) is 1. The van der Waals surface area contributed by atoms with E-state index in [1.54, 1.807) is 13.8 Å². The molecule has 0 fully saturated rings. The molecule has 0 aromatic carbocycles. The van der Waals surface area contributed by atoms with Crippen LogP contribution in [0.3, 0.4) is 0 Å². The van der Waals surface area contributed by atoms with Gasteiger partial charge in [0.2, 0.25) is 15.9 Å². The van der Waals surface area contributed by atoms with E-state index in [-0.39, 0.29) is 19.1 Å². The van der Waals surface area contributed by atoms with Crippen molar-refractivity contribution in [1.29, 1.82) is 0 Å². The van der Waals surface area contributed by atoms with Crippen molar-refractivity contribution in [2.75, 3.05) is 26.5 Å². The molecule has 0 aromatic rings. The molecule has 1 amide bonds. The van der Waals surface area contributed by atoms with Crippen LogP contribution in [0.2, 0.25) is 0 Å². The lowest BCUT2D eigenvalue weighted by Crippen LogP contribution is -2.54. The number of amides is 1. The Labute approximate surface area is 102 Å². The summed E-state index contributed by atoms with van der Waals surface area (Å²) in [7, 11) is -1.87. The number of hydrogen-bond donors (Lipinski definition) is 3. The van der Waals surface area contributed by atoms with Gasteiger partial charge in [-0.1, -0.05) is 0 Å². The third-order valence-electron chi connectivity index (χ3n) is 1.85. The van der Waals surface area contributed by atoms with Crippen LogP contribution in [-0.2, 0) is 19.6 Å². The summed E-state index contributed by atoms with van der Waals surface area (Å²) >= 11 is 0. The number of methoxy groups -OCH3 is 1. The molecule has 0 heterocycles. The molecule has 1 unspecified atom stereocenters. The van der Waals surface area contributed by atoms with Crippen LogP contribution in [0.5, 0.6) is 0 Å². The Kier molecular flexibility index (Phi) is 6.03. The van der Waals surface area contributed by atoms with Crippen LogP contribution < -0.4 is 15.8 Å². The zero-order valence-corrected chi connectivity index (χ0v) is 11.4. The van der Waals surface area contributed by atoms with Crippen molar-refractivity contribution < 1.29 is 17.9 Å². The SMILES string of the molecule is COCC(N)C(=O)NCC(C)(C)NS(C)(=O)=O. The van der Waals surface area contributed by atoms with Crippen LogP contribution in [0.1, 0.15) is 13.8 Å². The summed E-state index contributed by atoms with van der Waals surface area (Å²) < 4.78 is 29.3. The van der Waals surface area contributed by atoms with E-state index in [9.17, 15) is 13.2 Å². The highest BCUT2D eigenvalue weighted by Gasteiger charge is 2.24. The van der Waals surface area contributed by atoms with Gasteiger partial charge < -0.3 is 15.8 Å². The van der Waals surface area contributed by atoms with Crippen molar-refractivity contribution in [2.45, 2.75) is 25.4 Å². The molecule has 1 atom stereocenters. The van der Waals surface area contributed by atoms with Crippen LogP contribution in [0, 0.1) is 0 Å². The number of carbonyl (C=O) groups is 1. The minimum absolute atomic E-state index is 0.117. The van der Waals surface area contributed by atoms with Crippen molar-refractivity contribution in [3.8, 4) is 0 Å². The quantitative estimate of drug-likeness (QED) is 0.515. The third-order valence-corrected chi connectivity index (χ3v) is 2.77. The van der Waals surface area contributed by atoms with Crippen LogP contribution in [-0.4, -0.2) is 52.4 Å². The van der Waals surface area contributed by atoms with E-state index in [0.29, 0.717) is 0 Å². The van der Waals surface area contributed by atoms with Crippen LogP contribution >= 0.6 is 0 Å². The smallest absolute Gasteiger partial charge is 0.239 e. The predicted molar refractivity (Wildman–Crippen MR) is 64.9 cm³/mol. The zero-order chi connectivity index (χ0) is 13.7. The number of carbonyl (C=O) groups excluding carboxylic acids is 1. The van der Waals surface area contributed by atoms with Gasteiger partial charge in [-0.2, -0.15) is 0 Å². The van der Waals surface area contributed by atoms with Crippen molar-refractivity contribution in [2.24, 2.45) is 5.73 Å². The molecule has 0 aliphatic heterocycles. The first-order valence-electron chi connectivity index (χ1n) is 5.08. The number of sulfonamides is 1. The standard InChI is InChI=1S/C9H21N3O4S/c1-9(2,12-17(4,14)15)6-11-8(13)7(10)5-16-3/h7,12H,5-6,10H2,1-4H3,(H,11,13). The minimum atomic E-state index is -3.32. The van der Waals surface area contributed by atoms with Gasteiger partial charge >= 0.3 is 0 Å². The molecule has 0 saturated carbocycles.